The van der Waals surface area contributed by atoms with Crippen molar-refractivity contribution in [3.8, 4) is 0 Å². The summed E-state index contributed by atoms with van der Waals surface area (Å²) in [7, 11) is 0. The Hall–Kier alpha value is -1.89. The molecule has 1 rings (SSSR count). The van der Waals surface area contributed by atoms with Crippen molar-refractivity contribution in [3.05, 3.63) is 83.2 Å². The molecule has 0 nitrogen and oxygen atoms in total. The topological polar surface area (TPSA) is 0 Å². The van der Waals surface area contributed by atoms with Crippen LogP contribution < -0.4 is 0 Å². The molecule has 1 aromatic rings. The second-order valence-electron chi connectivity index (χ2n) is 5.69. The van der Waals surface area contributed by atoms with Gasteiger partial charge in [0, 0.05) is 0 Å². The Labute approximate surface area is 128 Å². The molecule has 0 bridgehead atoms. The minimum Gasteiger partial charge on any atom is -0.207 e. The number of rotatable bonds is 7. The highest BCUT2D eigenvalue weighted by Crippen LogP contribution is 2.22. The van der Waals surface area contributed by atoms with Crippen molar-refractivity contribution in [3.63, 3.8) is 0 Å². The first-order valence-corrected chi connectivity index (χ1v) is 7.34. The van der Waals surface area contributed by atoms with E-state index in [4.69, 9.17) is 0 Å². The smallest absolute Gasteiger partial charge is 0.123 e. The molecule has 0 saturated heterocycles. The summed E-state index contributed by atoms with van der Waals surface area (Å²) < 4.78 is 13.1. The van der Waals surface area contributed by atoms with Crippen LogP contribution in [0.15, 0.2) is 71.9 Å². The first kappa shape index (κ1) is 17.2. The molecule has 0 radical (unpaired) electrons. The molecule has 112 valence electrons. The van der Waals surface area contributed by atoms with Crippen LogP contribution in [0.3, 0.4) is 0 Å². The summed E-state index contributed by atoms with van der Waals surface area (Å²) >= 11 is 0. The molecule has 0 aliphatic carbocycles. The maximum Gasteiger partial charge on any atom is 0.123 e. The van der Waals surface area contributed by atoms with Gasteiger partial charge in [0.1, 0.15) is 5.82 Å². The fourth-order valence-corrected chi connectivity index (χ4v) is 2.14. The summed E-state index contributed by atoms with van der Waals surface area (Å²) in [4.78, 5) is 0. The van der Waals surface area contributed by atoms with Crippen LogP contribution in [0.1, 0.15) is 39.2 Å². The Morgan fingerprint density at radius 1 is 1.14 bits per heavy atom. The number of hydrogen-bond acceptors (Lipinski definition) is 0. The first-order chi connectivity index (χ1) is 9.90. The normalized spacial score (nSPS) is 11.1. The molecule has 0 amide bonds. The van der Waals surface area contributed by atoms with Gasteiger partial charge in [-0.2, -0.15) is 0 Å². The molecule has 0 aliphatic heterocycles. The van der Waals surface area contributed by atoms with Crippen molar-refractivity contribution in [2.75, 3.05) is 0 Å². The zero-order valence-corrected chi connectivity index (χ0v) is 13.4. The summed E-state index contributed by atoms with van der Waals surface area (Å²) in [6.45, 7) is 14.3. The van der Waals surface area contributed by atoms with Crippen molar-refractivity contribution in [2.45, 2.75) is 40.0 Å². The zero-order chi connectivity index (χ0) is 15.8. The summed E-state index contributed by atoms with van der Waals surface area (Å²) in [5.74, 6) is -0.169. The third-order valence-corrected chi connectivity index (χ3v) is 3.26. The maximum absolute atomic E-state index is 13.1. The predicted molar refractivity (Wildman–Crippen MR) is 90.8 cm³/mol. The number of hydrogen-bond donors (Lipinski definition) is 0. The largest absolute Gasteiger partial charge is 0.207 e. The maximum atomic E-state index is 13.1. The third kappa shape index (κ3) is 6.40. The van der Waals surface area contributed by atoms with E-state index in [0.717, 1.165) is 41.5 Å². The van der Waals surface area contributed by atoms with Crippen molar-refractivity contribution in [2.24, 2.45) is 0 Å². The quantitative estimate of drug-likeness (QED) is 0.525. The minimum atomic E-state index is -0.169. The van der Waals surface area contributed by atoms with Gasteiger partial charge in [0.25, 0.3) is 0 Å². The molecule has 0 atom stereocenters. The van der Waals surface area contributed by atoms with Crippen LogP contribution in [-0.4, -0.2) is 0 Å². The van der Waals surface area contributed by atoms with E-state index in [-0.39, 0.29) is 5.82 Å². The van der Waals surface area contributed by atoms with E-state index in [1.807, 2.05) is 13.0 Å². The number of allylic oxidation sites excluding steroid dienone is 6. The van der Waals surface area contributed by atoms with Gasteiger partial charge >= 0.3 is 0 Å². The van der Waals surface area contributed by atoms with Crippen molar-refractivity contribution in [1.29, 1.82) is 0 Å². The van der Waals surface area contributed by atoms with E-state index in [1.54, 1.807) is 12.1 Å². The van der Waals surface area contributed by atoms with Gasteiger partial charge < -0.3 is 0 Å². The fourth-order valence-electron chi connectivity index (χ4n) is 2.14. The molecule has 0 heterocycles. The number of benzene rings is 1. The first-order valence-electron chi connectivity index (χ1n) is 7.34. The molecule has 0 aliphatic rings. The van der Waals surface area contributed by atoms with Gasteiger partial charge in [0.15, 0.2) is 0 Å². The van der Waals surface area contributed by atoms with E-state index >= 15 is 0 Å². The van der Waals surface area contributed by atoms with Gasteiger partial charge in [-0.05, 0) is 68.9 Å². The van der Waals surface area contributed by atoms with Crippen molar-refractivity contribution < 1.29 is 4.39 Å². The molecule has 1 heteroatoms. The summed E-state index contributed by atoms with van der Waals surface area (Å²) in [5.41, 5.74) is 5.53. The molecule has 21 heavy (non-hydrogen) atoms. The van der Waals surface area contributed by atoms with Crippen LogP contribution in [0, 0.1) is 5.82 Å². The van der Waals surface area contributed by atoms with E-state index in [2.05, 4.69) is 39.2 Å². The Bertz CT molecular complexity index is 569. The molecule has 0 unspecified atom stereocenters. The fraction of sp³-hybridized carbons (Fsp3) is 0.300. The van der Waals surface area contributed by atoms with Gasteiger partial charge in [-0.1, -0.05) is 48.6 Å². The highest BCUT2D eigenvalue weighted by Gasteiger charge is 2.04. The lowest BCUT2D eigenvalue weighted by Crippen LogP contribution is -1.93. The lowest BCUT2D eigenvalue weighted by molar-refractivity contribution is 0.624. The molecule has 0 spiro atoms. The summed E-state index contributed by atoms with van der Waals surface area (Å²) in [5, 5.41) is 0. The van der Waals surface area contributed by atoms with Crippen LogP contribution >= 0.6 is 0 Å². The van der Waals surface area contributed by atoms with Crippen LogP contribution in [-0.2, 0) is 6.42 Å². The lowest BCUT2D eigenvalue weighted by Gasteiger charge is -2.10. The predicted octanol–water partition coefficient (Wildman–Crippen LogP) is 6.17. The second kappa shape index (κ2) is 8.41. The number of aryl methyl sites for hydroxylation is 1. The molecule has 1 aromatic carbocycles. The molecule has 0 N–H and O–H groups in total. The van der Waals surface area contributed by atoms with Gasteiger partial charge in [-0.15, -0.1) is 0 Å². The van der Waals surface area contributed by atoms with Crippen LogP contribution in [0.25, 0.3) is 0 Å². The molecule has 0 fully saturated rings. The summed E-state index contributed by atoms with van der Waals surface area (Å²) in [6, 6.07) is 6.79. The third-order valence-electron chi connectivity index (χ3n) is 3.26. The zero-order valence-electron chi connectivity index (χ0n) is 13.4. The van der Waals surface area contributed by atoms with E-state index in [9.17, 15) is 4.39 Å². The van der Waals surface area contributed by atoms with Gasteiger partial charge in [0.2, 0.25) is 0 Å². The van der Waals surface area contributed by atoms with Crippen LogP contribution in [0.4, 0.5) is 4.39 Å². The van der Waals surface area contributed by atoms with E-state index < -0.39 is 0 Å². The lowest BCUT2D eigenvalue weighted by atomic mass is 9.95. The Morgan fingerprint density at radius 3 is 2.43 bits per heavy atom. The highest BCUT2D eigenvalue weighted by molar-refractivity contribution is 5.45. The van der Waals surface area contributed by atoms with E-state index in [1.165, 1.54) is 11.6 Å². The SMILES string of the molecule is C=C(C)/C(=C/C=C(C)C)C(=C)CCCc1cccc(F)c1. The Kier molecular flexibility index (Phi) is 6.87. The molecule has 0 saturated carbocycles. The summed E-state index contributed by atoms with van der Waals surface area (Å²) in [6.07, 6.45) is 6.89. The highest BCUT2D eigenvalue weighted by atomic mass is 19.1. The Morgan fingerprint density at radius 2 is 1.86 bits per heavy atom. The van der Waals surface area contributed by atoms with Crippen molar-refractivity contribution in [1.82, 2.24) is 0 Å². The average molecular weight is 284 g/mol. The van der Waals surface area contributed by atoms with Crippen molar-refractivity contribution >= 4 is 0 Å². The molecular weight excluding hydrogens is 259 g/mol. The molecular formula is C20H25F. The second-order valence-corrected chi connectivity index (χ2v) is 5.69. The van der Waals surface area contributed by atoms with Crippen LogP contribution in [0.2, 0.25) is 0 Å². The average Bonchev–Trinajstić information content (AvgIpc) is 2.38. The number of halogens is 1. The Balaban J connectivity index is 2.61. The van der Waals surface area contributed by atoms with E-state index in [0.29, 0.717) is 0 Å². The van der Waals surface area contributed by atoms with Gasteiger partial charge in [-0.3, -0.25) is 0 Å². The molecule has 0 aromatic heterocycles. The van der Waals surface area contributed by atoms with Gasteiger partial charge in [0.05, 0.1) is 0 Å². The van der Waals surface area contributed by atoms with Gasteiger partial charge in [-0.25, -0.2) is 4.39 Å². The minimum absolute atomic E-state index is 0.169. The monoisotopic (exact) mass is 284 g/mol. The standard InChI is InChI=1S/C20H25F/c1-15(2)12-13-20(16(3)4)17(5)8-6-9-18-10-7-11-19(21)14-18/h7,10-14H,3,5-6,8-9H2,1-2,4H3/b20-13-. The van der Waals surface area contributed by atoms with Crippen LogP contribution in [0.5, 0.6) is 0 Å².